The smallest absolute Gasteiger partial charge is 0.208 e. The van der Waals surface area contributed by atoms with Gasteiger partial charge in [0.15, 0.2) is 0 Å². The predicted molar refractivity (Wildman–Crippen MR) is 23.7 cm³/mol. The third-order valence-electron chi connectivity index (χ3n) is 0.504. The van der Waals surface area contributed by atoms with Crippen molar-refractivity contribution in [3.63, 3.8) is 0 Å². The van der Waals surface area contributed by atoms with Crippen molar-refractivity contribution in [3.05, 3.63) is 0 Å². The first-order chi connectivity index (χ1) is 3.35. The molecule has 0 aliphatic rings. The summed E-state index contributed by atoms with van der Waals surface area (Å²) in [5, 5.41) is 8.01. The first kappa shape index (κ1) is 6.37. The van der Waals surface area contributed by atoms with E-state index in [0.717, 1.165) is 0 Å². The van der Waals surface area contributed by atoms with E-state index in [1.165, 1.54) is 7.11 Å². The number of nitrogens with two attached hydrogens (primary N) is 1. The number of rotatable bonds is 2. The van der Waals surface area contributed by atoms with Crippen LogP contribution in [0.5, 0.6) is 0 Å². The van der Waals surface area contributed by atoms with Crippen LogP contribution in [0.3, 0.4) is 0 Å². The van der Waals surface area contributed by atoms with Crippen LogP contribution >= 0.6 is 0 Å². The fourth-order valence-corrected chi connectivity index (χ4v) is 0.158. The van der Waals surface area contributed by atoms with Gasteiger partial charge in [0.25, 0.3) is 0 Å². The molecule has 4 heteroatoms. The molecule has 0 aromatic heterocycles. The maximum absolute atomic E-state index is 8.01. The molecule has 0 aliphatic heterocycles. The lowest BCUT2D eigenvalue weighted by molar-refractivity contribution is 0.119. The van der Waals surface area contributed by atoms with Gasteiger partial charge in [-0.05, 0) is 0 Å². The summed E-state index contributed by atoms with van der Waals surface area (Å²) in [4.78, 5) is 0. The van der Waals surface area contributed by atoms with E-state index in [1.54, 1.807) is 6.07 Å². The molecule has 0 amide bonds. The minimum Gasteiger partial charge on any atom is -0.352 e. The molecule has 7 heavy (non-hydrogen) atoms. The van der Waals surface area contributed by atoms with E-state index in [9.17, 15) is 0 Å². The van der Waals surface area contributed by atoms with Crippen LogP contribution in [0.4, 0.5) is 0 Å². The second-order valence-electron chi connectivity index (χ2n) is 0.912. The summed E-state index contributed by atoms with van der Waals surface area (Å²) in [5.74, 6) is 4.80. The second kappa shape index (κ2) is 3.56. The monoisotopic (exact) mass is 101 g/mol. The van der Waals surface area contributed by atoms with Crippen LogP contribution in [0.25, 0.3) is 0 Å². The van der Waals surface area contributed by atoms with Crippen molar-refractivity contribution in [2.24, 2.45) is 5.84 Å². The highest BCUT2D eigenvalue weighted by Crippen LogP contribution is 1.72. The zero-order valence-corrected chi connectivity index (χ0v) is 4.01. The SMILES string of the molecule is COC(C#N)NN. The Morgan fingerprint density at radius 2 is 2.57 bits per heavy atom. The Hall–Kier alpha value is -0.630. The lowest BCUT2D eigenvalue weighted by Gasteiger charge is -2.00. The Morgan fingerprint density at radius 1 is 2.00 bits per heavy atom. The zero-order chi connectivity index (χ0) is 5.70. The summed E-state index contributed by atoms with van der Waals surface area (Å²) in [6.45, 7) is 0. The third-order valence-corrected chi connectivity index (χ3v) is 0.504. The van der Waals surface area contributed by atoms with Crippen LogP contribution in [0.2, 0.25) is 0 Å². The van der Waals surface area contributed by atoms with Gasteiger partial charge < -0.3 is 4.74 Å². The lowest BCUT2D eigenvalue weighted by atomic mass is 10.7. The number of ether oxygens (including phenoxy) is 1. The molecule has 0 rings (SSSR count). The number of hydrogen-bond donors (Lipinski definition) is 2. The summed E-state index contributed by atoms with van der Waals surface area (Å²) < 4.78 is 4.45. The minimum atomic E-state index is -0.681. The molecule has 0 heterocycles. The van der Waals surface area contributed by atoms with Crippen molar-refractivity contribution in [3.8, 4) is 6.07 Å². The number of nitrogens with zero attached hydrogens (tertiary/aromatic N) is 1. The average Bonchev–Trinajstić information content (AvgIpc) is 1.72. The van der Waals surface area contributed by atoms with Crippen molar-refractivity contribution >= 4 is 0 Å². The van der Waals surface area contributed by atoms with Crippen molar-refractivity contribution in [1.29, 1.82) is 5.26 Å². The highest BCUT2D eigenvalue weighted by Gasteiger charge is 1.95. The van der Waals surface area contributed by atoms with Crippen molar-refractivity contribution in [2.75, 3.05) is 7.11 Å². The van der Waals surface area contributed by atoms with Gasteiger partial charge in [0.05, 0.1) is 0 Å². The maximum Gasteiger partial charge on any atom is 0.208 e. The van der Waals surface area contributed by atoms with Crippen LogP contribution in [0, 0.1) is 11.3 Å². The third kappa shape index (κ3) is 2.11. The average molecular weight is 101 g/mol. The molecular weight excluding hydrogens is 94.1 g/mol. The molecule has 0 bridgehead atoms. The fourth-order valence-electron chi connectivity index (χ4n) is 0.158. The molecule has 0 aromatic carbocycles. The van der Waals surface area contributed by atoms with E-state index in [1.807, 2.05) is 0 Å². The van der Waals surface area contributed by atoms with Crippen molar-refractivity contribution in [2.45, 2.75) is 6.23 Å². The molecule has 3 N–H and O–H groups in total. The number of nitrogens with one attached hydrogen (secondary N) is 1. The van der Waals surface area contributed by atoms with Crippen LogP contribution < -0.4 is 11.3 Å². The maximum atomic E-state index is 8.01. The van der Waals surface area contributed by atoms with Crippen LogP contribution in [0.1, 0.15) is 0 Å². The van der Waals surface area contributed by atoms with E-state index in [-0.39, 0.29) is 0 Å². The van der Waals surface area contributed by atoms with Crippen molar-refractivity contribution < 1.29 is 4.74 Å². The number of nitriles is 1. The fraction of sp³-hybridized carbons (Fsp3) is 0.667. The van der Waals surface area contributed by atoms with Crippen LogP contribution in [0.15, 0.2) is 0 Å². The van der Waals surface area contributed by atoms with E-state index < -0.39 is 6.23 Å². The summed E-state index contributed by atoms with van der Waals surface area (Å²) in [5.41, 5.74) is 2.12. The van der Waals surface area contributed by atoms with Gasteiger partial charge in [-0.2, -0.15) is 5.26 Å². The van der Waals surface area contributed by atoms with Gasteiger partial charge in [-0.15, -0.1) is 0 Å². The Kier molecular flexibility index (Phi) is 3.24. The van der Waals surface area contributed by atoms with Gasteiger partial charge in [0, 0.05) is 7.11 Å². The molecule has 0 aliphatic carbocycles. The summed E-state index contributed by atoms with van der Waals surface area (Å²) in [6, 6.07) is 1.74. The topological polar surface area (TPSA) is 71.1 Å². The molecule has 4 nitrogen and oxygen atoms in total. The normalized spacial score (nSPS) is 12.7. The quantitative estimate of drug-likeness (QED) is 0.264. The van der Waals surface area contributed by atoms with E-state index in [4.69, 9.17) is 11.1 Å². The van der Waals surface area contributed by atoms with Crippen LogP contribution in [-0.2, 0) is 4.74 Å². The molecule has 1 atom stereocenters. The molecule has 0 saturated heterocycles. The van der Waals surface area contributed by atoms with Crippen molar-refractivity contribution in [1.82, 2.24) is 5.43 Å². The first-order valence-corrected chi connectivity index (χ1v) is 1.73. The molecule has 0 saturated carbocycles. The van der Waals surface area contributed by atoms with E-state index >= 15 is 0 Å². The lowest BCUT2D eigenvalue weighted by Crippen LogP contribution is -2.34. The first-order valence-electron chi connectivity index (χ1n) is 1.73. The minimum absolute atomic E-state index is 0.681. The highest BCUT2D eigenvalue weighted by atomic mass is 16.5. The number of hydrazine groups is 1. The van der Waals surface area contributed by atoms with Gasteiger partial charge in [-0.25, -0.2) is 5.43 Å². The molecule has 0 spiro atoms. The molecule has 0 aromatic rings. The molecule has 1 unspecified atom stereocenters. The molecular formula is C3H7N3O. The number of methoxy groups -OCH3 is 1. The van der Waals surface area contributed by atoms with Gasteiger partial charge in [0.2, 0.25) is 6.23 Å². The Labute approximate surface area is 41.8 Å². The Morgan fingerprint density at radius 3 is 2.57 bits per heavy atom. The van der Waals surface area contributed by atoms with Gasteiger partial charge in [0.1, 0.15) is 6.07 Å². The largest absolute Gasteiger partial charge is 0.352 e. The molecule has 0 radical (unpaired) electrons. The Bertz CT molecular complexity index is 72.7. The summed E-state index contributed by atoms with van der Waals surface area (Å²) >= 11 is 0. The summed E-state index contributed by atoms with van der Waals surface area (Å²) in [7, 11) is 1.40. The molecule has 0 fully saturated rings. The van der Waals surface area contributed by atoms with Gasteiger partial charge in [-0.1, -0.05) is 0 Å². The van der Waals surface area contributed by atoms with E-state index in [2.05, 4.69) is 10.2 Å². The van der Waals surface area contributed by atoms with Gasteiger partial charge in [-0.3, -0.25) is 5.84 Å². The zero-order valence-electron chi connectivity index (χ0n) is 4.01. The van der Waals surface area contributed by atoms with Crippen LogP contribution in [-0.4, -0.2) is 13.3 Å². The molecule has 40 valence electrons. The van der Waals surface area contributed by atoms with E-state index in [0.29, 0.717) is 0 Å². The summed E-state index contributed by atoms with van der Waals surface area (Å²) in [6.07, 6.45) is -0.681. The van der Waals surface area contributed by atoms with Gasteiger partial charge >= 0.3 is 0 Å². The number of hydrogen-bond acceptors (Lipinski definition) is 4. The standard InChI is InChI=1S/C3H7N3O/c1-7-3(2-4)6-5/h3,6H,5H2,1H3. The second-order valence-corrected chi connectivity index (χ2v) is 0.912. The Balaban J connectivity index is 3.23. The highest BCUT2D eigenvalue weighted by molar-refractivity contribution is 4.78. The predicted octanol–water partition coefficient (Wildman–Crippen LogP) is -1.05.